The third-order valence-electron chi connectivity index (χ3n) is 3.10. The first kappa shape index (κ1) is 12.7. The molecule has 94 valence electrons. The smallest absolute Gasteiger partial charge is 0.317 e. The molecule has 1 fully saturated rings. The minimum Gasteiger partial charge on any atom is -0.317 e. The molecule has 1 aromatic carbocycles. The molecule has 17 heavy (non-hydrogen) atoms. The zero-order valence-electron chi connectivity index (χ0n) is 9.15. The van der Waals surface area contributed by atoms with E-state index in [1.165, 1.54) is 12.1 Å². The molecule has 0 amide bonds. The van der Waals surface area contributed by atoms with Crippen LogP contribution >= 0.6 is 11.6 Å². The molecule has 0 unspecified atom stereocenters. The third-order valence-corrected chi connectivity index (χ3v) is 3.45. The Bertz CT molecular complexity index is 397. The molecule has 1 nitrogen and oxygen atoms in total. The quantitative estimate of drug-likeness (QED) is 0.812. The van der Waals surface area contributed by atoms with Gasteiger partial charge in [-0.25, -0.2) is 0 Å². The molecule has 2 rings (SSSR count). The van der Waals surface area contributed by atoms with E-state index < -0.39 is 11.7 Å². The van der Waals surface area contributed by atoms with E-state index in [0.29, 0.717) is 10.6 Å². The van der Waals surface area contributed by atoms with Crippen LogP contribution in [-0.4, -0.2) is 13.1 Å². The van der Waals surface area contributed by atoms with Crippen LogP contribution in [0.4, 0.5) is 13.2 Å². The van der Waals surface area contributed by atoms with Crippen LogP contribution in [0.3, 0.4) is 0 Å². The number of benzene rings is 1. The first-order valence-corrected chi connectivity index (χ1v) is 5.93. The standard InChI is InChI=1S/C12H13ClF3N/c13-11-2-1-9(12(14,15)16)7-10(11)8-3-5-17-6-4-8/h1-2,7-8,17H,3-6H2. The largest absolute Gasteiger partial charge is 0.416 e. The molecule has 0 atom stereocenters. The van der Waals surface area contributed by atoms with Gasteiger partial charge in [0.1, 0.15) is 0 Å². The molecular weight excluding hydrogens is 251 g/mol. The number of rotatable bonds is 1. The molecule has 1 saturated heterocycles. The summed E-state index contributed by atoms with van der Waals surface area (Å²) in [5, 5.41) is 3.62. The lowest BCUT2D eigenvalue weighted by Crippen LogP contribution is -2.26. The second-order valence-corrected chi connectivity index (χ2v) is 4.67. The van der Waals surface area contributed by atoms with Gasteiger partial charge in [-0.1, -0.05) is 11.6 Å². The van der Waals surface area contributed by atoms with Crippen LogP contribution in [0.15, 0.2) is 18.2 Å². The van der Waals surface area contributed by atoms with E-state index >= 15 is 0 Å². The highest BCUT2D eigenvalue weighted by Crippen LogP contribution is 2.36. The summed E-state index contributed by atoms with van der Waals surface area (Å²) in [6.07, 6.45) is -2.63. The van der Waals surface area contributed by atoms with Gasteiger partial charge >= 0.3 is 6.18 Å². The Kier molecular flexibility index (Phi) is 3.64. The minimum absolute atomic E-state index is 0.131. The molecule has 1 N–H and O–H groups in total. The van der Waals surface area contributed by atoms with E-state index in [1.54, 1.807) is 0 Å². The number of hydrogen-bond acceptors (Lipinski definition) is 1. The van der Waals surface area contributed by atoms with Crippen LogP contribution in [0.2, 0.25) is 5.02 Å². The summed E-state index contributed by atoms with van der Waals surface area (Å²) in [6.45, 7) is 1.66. The van der Waals surface area contributed by atoms with Gasteiger partial charge in [-0.15, -0.1) is 0 Å². The van der Waals surface area contributed by atoms with Gasteiger partial charge in [0.25, 0.3) is 0 Å². The van der Waals surface area contributed by atoms with E-state index in [1.807, 2.05) is 0 Å². The van der Waals surface area contributed by atoms with Gasteiger partial charge in [0.15, 0.2) is 0 Å². The van der Waals surface area contributed by atoms with Crippen molar-refractivity contribution in [3.63, 3.8) is 0 Å². The van der Waals surface area contributed by atoms with Crippen LogP contribution in [0.25, 0.3) is 0 Å². The van der Waals surface area contributed by atoms with Crippen molar-refractivity contribution in [3.8, 4) is 0 Å². The lowest BCUT2D eigenvalue weighted by molar-refractivity contribution is -0.137. The van der Waals surface area contributed by atoms with E-state index in [4.69, 9.17) is 11.6 Å². The minimum atomic E-state index is -4.30. The Morgan fingerprint density at radius 2 is 1.82 bits per heavy atom. The average Bonchev–Trinajstić information content (AvgIpc) is 2.29. The lowest BCUT2D eigenvalue weighted by Gasteiger charge is -2.24. The molecule has 0 radical (unpaired) electrons. The average molecular weight is 264 g/mol. The first-order chi connectivity index (χ1) is 7.98. The van der Waals surface area contributed by atoms with Crippen molar-refractivity contribution < 1.29 is 13.2 Å². The summed E-state index contributed by atoms with van der Waals surface area (Å²) >= 11 is 5.99. The van der Waals surface area contributed by atoms with Gasteiger partial charge in [0, 0.05) is 5.02 Å². The van der Waals surface area contributed by atoms with Gasteiger partial charge in [-0.2, -0.15) is 13.2 Å². The summed E-state index contributed by atoms with van der Waals surface area (Å²) < 4.78 is 37.8. The van der Waals surface area contributed by atoms with Gasteiger partial charge in [-0.05, 0) is 55.6 Å². The van der Waals surface area contributed by atoms with E-state index in [9.17, 15) is 13.2 Å². The number of piperidine rings is 1. The maximum Gasteiger partial charge on any atom is 0.416 e. The van der Waals surface area contributed by atoms with Crippen LogP contribution < -0.4 is 5.32 Å². The number of hydrogen-bond donors (Lipinski definition) is 1. The Labute approximate surface area is 103 Å². The third kappa shape index (κ3) is 2.93. The predicted molar refractivity (Wildman–Crippen MR) is 61.3 cm³/mol. The number of halogens is 4. The Morgan fingerprint density at radius 3 is 2.41 bits per heavy atom. The van der Waals surface area contributed by atoms with Crippen molar-refractivity contribution in [2.75, 3.05) is 13.1 Å². The van der Waals surface area contributed by atoms with E-state index in [0.717, 1.165) is 32.0 Å². The SMILES string of the molecule is FC(F)(F)c1ccc(Cl)c(C2CCNCC2)c1. The Hall–Kier alpha value is -0.740. The Balaban J connectivity index is 2.31. The molecule has 1 aliphatic heterocycles. The fraction of sp³-hybridized carbons (Fsp3) is 0.500. The molecule has 0 spiro atoms. The van der Waals surface area contributed by atoms with E-state index in [-0.39, 0.29) is 5.92 Å². The van der Waals surface area contributed by atoms with Crippen molar-refractivity contribution in [2.45, 2.75) is 24.9 Å². The fourth-order valence-corrected chi connectivity index (χ4v) is 2.44. The van der Waals surface area contributed by atoms with Crippen molar-refractivity contribution in [3.05, 3.63) is 34.3 Å². The molecule has 0 bridgehead atoms. The summed E-state index contributed by atoms with van der Waals surface area (Å²) in [5.74, 6) is 0.131. The topological polar surface area (TPSA) is 12.0 Å². The molecule has 1 aromatic rings. The maximum absolute atomic E-state index is 12.6. The van der Waals surface area contributed by atoms with Gasteiger partial charge < -0.3 is 5.32 Å². The summed E-state index contributed by atoms with van der Waals surface area (Å²) in [4.78, 5) is 0. The second kappa shape index (κ2) is 4.86. The van der Waals surface area contributed by atoms with E-state index in [2.05, 4.69) is 5.32 Å². The first-order valence-electron chi connectivity index (χ1n) is 5.56. The molecule has 5 heteroatoms. The summed E-state index contributed by atoms with van der Waals surface area (Å²) in [6, 6.07) is 3.58. The second-order valence-electron chi connectivity index (χ2n) is 4.26. The molecule has 0 aromatic heterocycles. The van der Waals surface area contributed by atoms with Crippen LogP contribution in [0.1, 0.15) is 29.9 Å². The molecular formula is C12H13ClF3N. The fourth-order valence-electron chi connectivity index (χ4n) is 2.17. The van der Waals surface area contributed by atoms with Crippen LogP contribution in [-0.2, 0) is 6.18 Å². The number of alkyl halides is 3. The highest BCUT2D eigenvalue weighted by atomic mass is 35.5. The zero-order valence-corrected chi connectivity index (χ0v) is 9.91. The van der Waals surface area contributed by atoms with Crippen molar-refractivity contribution in [1.29, 1.82) is 0 Å². The highest BCUT2D eigenvalue weighted by molar-refractivity contribution is 6.31. The maximum atomic E-state index is 12.6. The van der Waals surface area contributed by atoms with Gasteiger partial charge in [0.05, 0.1) is 5.56 Å². The van der Waals surface area contributed by atoms with Crippen LogP contribution in [0.5, 0.6) is 0 Å². The van der Waals surface area contributed by atoms with Crippen molar-refractivity contribution in [2.24, 2.45) is 0 Å². The summed E-state index contributed by atoms with van der Waals surface area (Å²) in [7, 11) is 0. The van der Waals surface area contributed by atoms with Crippen LogP contribution in [0, 0.1) is 0 Å². The molecule has 0 saturated carbocycles. The molecule has 0 aliphatic carbocycles. The monoisotopic (exact) mass is 263 g/mol. The highest BCUT2D eigenvalue weighted by Gasteiger charge is 2.31. The Morgan fingerprint density at radius 1 is 1.18 bits per heavy atom. The molecule has 1 aliphatic rings. The van der Waals surface area contributed by atoms with Crippen molar-refractivity contribution >= 4 is 11.6 Å². The van der Waals surface area contributed by atoms with Crippen molar-refractivity contribution in [1.82, 2.24) is 5.32 Å². The van der Waals surface area contributed by atoms with Gasteiger partial charge in [0.2, 0.25) is 0 Å². The zero-order chi connectivity index (χ0) is 12.5. The summed E-state index contributed by atoms with van der Waals surface area (Å²) in [5.41, 5.74) is 0.0124. The normalized spacial score (nSPS) is 18.4. The lowest BCUT2D eigenvalue weighted by atomic mass is 9.89. The molecule has 1 heterocycles. The van der Waals surface area contributed by atoms with Gasteiger partial charge in [-0.3, -0.25) is 0 Å². The predicted octanol–water partition coefficient (Wildman–Crippen LogP) is 3.83. The number of nitrogens with one attached hydrogen (secondary N) is 1.